The summed E-state index contributed by atoms with van der Waals surface area (Å²) >= 11 is 0. The largest absolute Gasteiger partial charge is 0.368 e. The number of aryl methyl sites for hydroxylation is 2. The molecule has 16 heavy (non-hydrogen) atoms. The lowest BCUT2D eigenvalue weighted by Crippen LogP contribution is -2.15. The first kappa shape index (κ1) is 10.4. The first-order chi connectivity index (χ1) is 7.56. The Morgan fingerprint density at radius 3 is 2.69 bits per heavy atom. The summed E-state index contributed by atoms with van der Waals surface area (Å²) in [6.45, 7) is 3.93. The molecule has 3 N–H and O–H groups in total. The molecule has 0 aliphatic rings. The number of anilines is 1. The molecular weight excluding hydrogens is 204 g/mol. The molecule has 0 radical (unpaired) electrons. The second-order valence-electron chi connectivity index (χ2n) is 3.68. The highest BCUT2D eigenvalue weighted by atomic mass is 16.1. The van der Waals surface area contributed by atoms with Crippen molar-refractivity contribution in [2.75, 3.05) is 5.73 Å². The minimum absolute atomic E-state index is 0.0142. The minimum atomic E-state index is -0.483. The van der Waals surface area contributed by atoms with Gasteiger partial charge in [-0.25, -0.2) is 4.79 Å². The molecule has 1 heterocycles. The van der Waals surface area contributed by atoms with Crippen LogP contribution in [0.2, 0.25) is 0 Å². The van der Waals surface area contributed by atoms with E-state index in [0.717, 1.165) is 16.7 Å². The van der Waals surface area contributed by atoms with E-state index in [1.165, 1.54) is 0 Å². The van der Waals surface area contributed by atoms with Crippen LogP contribution in [0.25, 0.3) is 11.4 Å². The van der Waals surface area contributed by atoms with Gasteiger partial charge in [0.15, 0.2) is 0 Å². The summed E-state index contributed by atoms with van der Waals surface area (Å²) in [6.07, 6.45) is 0. The van der Waals surface area contributed by atoms with Gasteiger partial charge < -0.3 is 5.73 Å². The van der Waals surface area contributed by atoms with Gasteiger partial charge in [0.2, 0.25) is 5.95 Å². The molecule has 0 unspecified atom stereocenters. The van der Waals surface area contributed by atoms with Crippen molar-refractivity contribution in [3.8, 4) is 11.4 Å². The number of H-pyrrole nitrogens is 1. The molecular formula is C11H12N4O. The van der Waals surface area contributed by atoms with Crippen LogP contribution in [0.5, 0.6) is 0 Å². The van der Waals surface area contributed by atoms with Crippen LogP contribution in [-0.4, -0.2) is 15.0 Å². The van der Waals surface area contributed by atoms with E-state index in [1.807, 2.05) is 32.0 Å². The molecule has 0 atom stereocenters. The summed E-state index contributed by atoms with van der Waals surface area (Å²) in [6, 6.07) is 5.93. The first-order valence-corrected chi connectivity index (χ1v) is 4.88. The van der Waals surface area contributed by atoms with E-state index in [-0.39, 0.29) is 5.95 Å². The third-order valence-electron chi connectivity index (χ3n) is 2.32. The van der Waals surface area contributed by atoms with Gasteiger partial charge in [0.05, 0.1) is 0 Å². The number of benzene rings is 1. The van der Waals surface area contributed by atoms with E-state index in [9.17, 15) is 4.79 Å². The second-order valence-corrected chi connectivity index (χ2v) is 3.68. The summed E-state index contributed by atoms with van der Waals surface area (Å²) in [7, 11) is 0. The van der Waals surface area contributed by atoms with Gasteiger partial charge in [-0.15, -0.1) is 0 Å². The Morgan fingerprint density at radius 1 is 1.25 bits per heavy atom. The molecule has 5 heteroatoms. The van der Waals surface area contributed by atoms with Gasteiger partial charge in [0, 0.05) is 5.56 Å². The van der Waals surface area contributed by atoms with Gasteiger partial charge in [-0.05, 0) is 25.5 Å². The Labute approximate surface area is 92.4 Å². The zero-order chi connectivity index (χ0) is 11.7. The molecule has 0 fully saturated rings. The molecule has 0 saturated carbocycles. The fraction of sp³-hybridized carbons (Fsp3) is 0.182. The topological polar surface area (TPSA) is 84.7 Å². The number of aromatic nitrogens is 3. The summed E-state index contributed by atoms with van der Waals surface area (Å²) in [4.78, 5) is 21.3. The van der Waals surface area contributed by atoms with Crippen LogP contribution in [0.3, 0.4) is 0 Å². The van der Waals surface area contributed by atoms with Crippen molar-refractivity contribution in [1.29, 1.82) is 0 Å². The SMILES string of the molecule is Cc1ccc(C)c(-c2nc(N)nc(=O)[nH]2)c1. The third kappa shape index (κ3) is 1.93. The normalized spacial score (nSPS) is 10.4. The van der Waals surface area contributed by atoms with E-state index in [2.05, 4.69) is 15.0 Å². The molecule has 2 rings (SSSR count). The average Bonchev–Trinajstić information content (AvgIpc) is 2.20. The Kier molecular flexibility index (Phi) is 2.44. The molecule has 1 aromatic carbocycles. The van der Waals surface area contributed by atoms with Crippen molar-refractivity contribution < 1.29 is 0 Å². The standard InChI is InChI=1S/C11H12N4O/c1-6-3-4-7(2)8(5-6)9-13-10(12)15-11(16)14-9/h3-5H,1-2H3,(H3,12,13,14,15,16). The van der Waals surface area contributed by atoms with Crippen LogP contribution in [0.1, 0.15) is 11.1 Å². The van der Waals surface area contributed by atoms with E-state index in [4.69, 9.17) is 5.73 Å². The maximum atomic E-state index is 11.2. The number of hydrogen-bond donors (Lipinski definition) is 2. The number of hydrogen-bond acceptors (Lipinski definition) is 4. The van der Waals surface area contributed by atoms with Crippen molar-refractivity contribution in [3.05, 3.63) is 39.8 Å². The van der Waals surface area contributed by atoms with Gasteiger partial charge in [0.1, 0.15) is 5.82 Å². The molecule has 0 aliphatic heterocycles. The molecule has 0 amide bonds. The third-order valence-corrected chi connectivity index (χ3v) is 2.32. The van der Waals surface area contributed by atoms with Crippen molar-refractivity contribution in [1.82, 2.24) is 15.0 Å². The van der Waals surface area contributed by atoms with E-state index in [1.54, 1.807) is 0 Å². The van der Waals surface area contributed by atoms with Crippen LogP contribution in [0, 0.1) is 13.8 Å². The predicted octanol–water partition coefficient (Wildman–Crippen LogP) is 1.03. The zero-order valence-corrected chi connectivity index (χ0v) is 9.11. The summed E-state index contributed by atoms with van der Waals surface area (Å²) in [5.41, 5.74) is 7.95. The molecule has 82 valence electrons. The van der Waals surface area contributed by atoms with Gasteiger partial charge in [0.25, 0.3) is 0 Å². The van der Waals surface area contributed by atoms with Crippen LogP contribution in [0.15, 0.2) is 23.0 Å². The van der Waals surface area contributed by atoms with Gasteiger partial charge >= 0.3 is 5.69 Å². The number of nitrogens with zero attached hydrogens (tertiary/aromatic N) is 2. The highest BCUT2D eigenvalue weighted by Gasteiger charge is 2.06. The fourth-order valence-corrected chi connectivity index (χ4v) is 1.52. The highest BCUT2D eigenvalue weighted by Crippen LogP contribution is 2.20. The first-order valence-electron chi connectivity index (χ1n) is 4.88. The number of nitrogens with one attached hydrogen (secondary N) is 1. The number of nitrogens with two attached hydrogens (primary N) is 1. The summed E-state index contributed by atoms with van der Waals surface area (Å²) in [5, 5.41) is 0. The zero-order valence-electron chi connectivity index (χ0n) is 9.11. The Hall–Kier alpha value is -2.17. The molecule has 0 saturated heterocycles. The Bertz CT molecular complexity index is 589. The summed E-state index contributed by atoms with van der Waals surface area (Å²) in [5.74, 6) is 0.443. The van der Waals surface area contributed by atoms with Crippen LogP contribution in [0.4, 0.5) is 5.95 Å². The van der Waals surface area contributed by atoms with Gasteiger partial charge in [-0.1, -0.05) is 17.7 Å². The Balaban J connectivity index is 2.66. The van der Waals surface area contributed by atoms with Crippen molar-refractivity contribution >= 4 is 5.95 Å². The number of nitrogen functional groups attached to an aromatic ring is 1. The van der Waals surface area contributed by atoms with Crippen LogP contribution in [-0.2, 0) is 0 Å². The Morgan fingerprint density at radius 2 is 2.00 bits per heavy atom. The molecule has 1 aromatic heterocycles. The van der Waals surface area contributed by atoms with E-state index in [0.29, 0.717) is 5.82 Å². The minimum Gasteiger partial charge on any atom is -0.368 e. The molecule has 0 spiro atoms. The number of rotatable bonds is 1. The van der Waals surface area contributed by atoms with Crippen LogP contribution >= 0.6 is 0 Å². The number of aromatic amines is 1. The van der Waals surface area contributed by atoms with Crippen molar-refractivity contribution in [2.45, 2.75) is 13.8 Å². The molecule has 0 bridgehead atoms. The highest BCUT2D eigenvalue weighted by molar-refractivity contribution is 5.61. The van der Waals surface area contributed by atoms with Crippen LogP contribution < -0.4 is 11.4 Å². The van der Waals surface area contributed by atoms with E-state index < -0.39 is 5.69 Å². The van der Waals surface area contributed by atoms with Gasteiger partial charge in [-0.2, -0.15) is 9.97 Å². The lowest BCUT2D eigenvalue weighted by Gasteiger charge is -2.06. The maximum Gasteiger partial charge on any atom is 0.349 e. The lowest BCUT2D eigenvalue weighted by molar-refractivity contribution is 1.01. The second kappa shape index (κ2) is 3.77. The fourth-order valence-electron chi connectivity index (χ4n) is 1.52. The molecule has 0 aliphatic carbocycles. The monoisotopic (exact) mass is 216 g/mol. The van der Waals surface area contributed by atoms with E-state index >= 15 is 0 Å². The predicted molar refractivity (Wildman–Crippen MR) is 62.0 cm³/mol. The van der Waals surface area contributed by atoms with Crippen molar-refractivity contribution in [2.24, 2.45) is 0 Å². The smallest absolute Gasteiger partial charge is 0.349 e. The van der Waals surface area contributed by atoms with Crippen molar-refractivity contribution in [3.63, 3.8) is 0 Å². The molecule has 5 nitrogen and oxygen atoms in total. The van der Waals surface area contributed by atoms with Gasteiger partial charge in [-0.3, -0.25) is 4.98 Å². The quantitative estimate of drug-likeness (QED) is 0.745. The lowest BCUT2D eigenvalue weighted by atomic mass is 10.1. The average molecular weight is 216 g/mol. The summed E-state index contributed by atoms with van der Waals surface area (Å²) < 4.78 is 0. The maximum absolute atomic E-state index is 11.2. The molecule has 2 aromatic rings.